The molecular formula is C18H28ClN. The van der Waals surface area contributed by atoms with Gasteiger partial charge in [-0.3, -0.25) is 4.90 Å². The van der Waals surface area contributed by atoms with Crippen LogP contribution in [0.15, 0.2) is 24.3 Å². The summed E-state index contributed by atoms with van der Waals surface area (Å²) in [5.74, 6) is 0.587. The largest absolute Gasteiger partial charge is 0.299 e. The first-order valence-corrected chi connectivity index (χ1v) is 8.53. The number of likely N-dealkylation sites (tertiary alicyclic amines) is 1. The van der Waals surface area contributed by atoms with Gasteiger partial charge in [0.2, 0.25) is 0 Å². The predicted molar refractivity (Wildman–Crippen MR) is 88.6 cm³/mol. The van der Waals surface area contributed by atoms with E-state index in [2.05, 4.69) is 49.9 Å². The molecule has 0 spiro atoms. The normalized spacial score (nSPS) is 22.1. The van der Waals surface area contributed by atoms with E-state index in [9.17, 15) is 0 Å². The fourth-order valence-electron chi connectivity index (χ4n) is 3.16. The number of halogens is 1. The van der Waals surface area contributed by atoms with Gasteiger partial charge in [0, 0.05) is 12.6 Å². The van der Waals surface area contributed by atoms with Gasteiger partial charge in [-0.05, 0) is 42.9 Å². The number of hydrogen-bond donors (Lipinski definition) is 0. The molecule has 112 valence electrons. The molecule has 2 unspecified atom stereocenters. The molecule has 1 aliphatic heterocycles. The highest BCUT2D eigenvalue weighted by molar-refractivity contribution is 6.21. The van der Waals surface area contributed by atoms with Gasteiger partial charge in [0.15, 0.2) is 0 Å². The minimum Gasteiger partial charge on any atom is -0.299 e. The summed E-state index contributed by atoms with van der Waals surface area (Å²) in [5.41, 5.74) is 2.65. The van der Waals surface area contributed by atoms with Gasteiger partial charge >= 0.3 is 0 Å². The van der Waals surface area contributed by atoms with Crippen LogP contribution in [-0.4, -0.2) is 24.0 Å². The van der Waals surface area contributed by atoms with Crippen LogP contribution < -0.4 is 0 Å². The Labute approximate surface area is 129 Å². The van der Waals surface area contributed by atoms with E-state index in [1.165, 1.54) is 43.4 Å². The lowest BCUT2D eigenvalue weighted by molar-refractivity contribution is 0.144. The Kier molecular flexibility index (Phi) is 5.92. The summed E-state index contributed by atoms with van der Waals surface area (Å²) in [5, 5.41) is 0.114. The highest BCUT2D eigenvalue weighted by Gasteiger charge is 2.23. The number of alkyl halides is 1. The summed E-state index contributed by atoms with van der Waals surface area (Å²) in [4.78, 5) is 2.59. The third kappa shape index (κ3) is 3.99. The number of nitrogens with zero attached hydrogens (tertiary/aromatic N) is 1. The topological polar surface area (TPSA) is 3.24 Å². The van der Waals surface area contributed by atoms with Gasteiger partial charge < -0.3 is 0 Å². The minimum absolute atomic E-state index is 0.114. The van der Waals surface area contributed by atoms with Gasteiger partial charge in [0.1, 0.15) is 0 Å². The predicted octanol–water partition coefficient (Wildman–Crippen LogP) is 5.35. The second-order valence-electron chi connectivity index (χ2n) is 6.34. The lowest BCUT2D eigenvalue weighted by Gasteiger charge is -2.36. The van der Waals surface area contributed by atoms with E-state index in [4.69, 9.17) is 11.6 Å². The van der Waals surface area contributed by atoms with Crippen LogP contribution in [-0.2, 0) is 0 Å². The maximum atomic E-state index is 6.65. The van der Waals surface area contributed by atoms with Crippen molar-refractivity contribution in [1.82, 2.24) is 4.90 Å². The molecule has 1 aromatic carbocycles. The van der Waals surface area contributed by atoms with E-state index in [-0.39, 0.29) is 5.38 Å². The Morgan fingerprint density at radius 1 is 1.15 bits per heavy atom. The Morgan fingerprint density at radius 2 is 1.80 bits per heavy atom. The molecule has 1 aromatic rings. The Morgan fingerprint density at radius 3 is 2.40 bits per heavy atom. The molecule has 0 saturated carbocycles. The Balaban J connectivity index is 1.98. The Hall–Kier alpha value is -0.530. The summed E-state index contributed by atoms with van der Waals surface area (Å²) in [6, 6.07) is 9.60. The molecule has 0 N–H and O–H groups in total. The van der Waals surface area contributed by atoms with Crippen molar-refractivity contribution in [2.45, 2.75) is 63.8 Å². The molecule has 1 nitrogen and oxygen atoms in total. The number of rotatable bonds is 5. The molecule has 0 radical (unpaired) electrons. The summed E-state index contributed by atoms with van der Waals surface area (Å²) in [7, 11) is 0. The fourth-order valence-corrected chi connectivity index (χ4v) is 3.49. The summed E-state index contributed by atoms with van der Waals surface area (Å²) < 4.78 is 0. The SMILES string of the molecule is CCC1CCCCN1CC(Cl)c1ccc(C(C)C)cc1. The zero-order valence-electron chi connectivity index (χ0n) is 13.1. The molecule has 20 heavy (non-hydrogen) atoms. The van der Waals surface area contributed by atoms with Crippen molar-refractivity contribution in [3.63, 3.8) is 0 Å². The minimum atomic E-state index is 0.114. The van der Waals surface area contributed by atoms with E-state index in [0.717, 1.165) is 12.6 Å². The third-order valence-electron chi connectivity index (χ3n) is 4.58. The van der Waals surface area contributed by atoms with Crippen molar-refractivity contribution in [3.8, 4) is 0 Å². The van der Waals surface area contributed by atoms with Gasteiger partial charge in [-0.2, -0.15) is 0 Å². The summed E-state index contributed by atoms with van der Waals surface area (Å²) in [6.07, 6.45) is 5.29. The molecule has 0 aliphatic carbocycles. The zero-order chi connectivity index (χ0) is 14.5. The first-order chi connectivity index (χ1) is 9.61. The highest BCUT2D eigenvalue weighted by atomic mass is 35.5. The van der Waals surface area contributed by atoms with E-state index >= 15 is 0 Å². The van der Waals surface area contributed by atoms with Gasteiger partial charge in [-0.1, -0.05) is 51.5 Å². The summed E-state index contributed by atoms with van der Waals surface area (Å²) in [6.45, 7) is 8.95. The second-order valence-corrected chi connectivity index (χ2v) is 6.87. The third-order valence-corrected chi connectivity index (χ3v) is 4.97. The quantitative estimate of drug-likeness (QED) is 0.661. The molecule has 1 aliphatic rings. The molecule has 2 atom stereocenters. The molecule has 0 bridgehead atoms. The van der Waals surface area contributed by atoms with Crippen LogP contribution in [0.1, 0.15) is 68.9 Å². The van der Waals surface area contributed by atoms with Crippen LogP contribution in [0.4, 0.5) is 0 Å². The van der Waals surface area contributed by atoms with Crippen LogP contribution >= 0.6 is 11.6 Å². The van der Waals surface area contributed by atoms with Crippen LogP contribution in [0, 0.1) is 0 Å². The van der Waals surface area contributed by atoms with Crippen LogP contribution in [0.25, 0.3) is 0 Å². The van der Waals surface area contributed by atoms with Crippen LogP contribution in [0.2, 0.25) is 0 Å². The average Bonchev–Trinajstić information content (AvgIpc) is 2.48. The van der Waals surface area contributed by atoms with Crippen molar-refractivity contribution >= 4 is 11.6 Å². The van der Waals surface area contributed by atoms with Crippen molar-refractivity contribution in [1.29, 1.82) is 0 Å². The van der Waals surface area contributed by atoms with E-state index in [1.807, 2.05) is 0 Å². The highest BCUT2D eigenvalue weighted by Crippen LogP contribution is 2.28. The zero-order valence-corrected chi connectivity index (χ0v) is 13.9. The van der Waals surface area contributed by atoms with Crippen molar-refractivity contribution in [2.75, 3.05) is 13.1 Å². The number of benzene rings is 1. The van der Waals surface area contributed by atoms with Crippen molar-refractivity contribution in [3.05, 3.63) is 35.4 Å². The van der Waals surface area contributed by atoms with E-state index in [1.54, 1.807) is 0 Å². The van der Waals surface area contributed by atoms with E-state index < -0.39 is 0 Å². The second kappa shape index (κ2) is 7.47. The standard InChI is InChI=1S/C18H28ClN/c1-4-17-7-5-6-12-20(17)13-18(19)16-10-8-15(9-11-16)14(2)3/h8-11,14,17-18H,4-7,12-13H2,1-3H3. The molecule has 0 amide bonds. The number of hydrogen-bond acceptors (Lipinski definition) is 1. The van der Waals surface area contributed by atoms with Gasteiger partial charge in [-0.25, -0.2) is 0 Å². The monoisotopic (exact) mass is 293 g/mol. The molecule has 0 aromatic heterocycles. The lowest BCUT2D eigenvalue weighted by Crippen LogP contribution is -2.40. The van der Waals surface area contributed by atoms with Gasteiger partial charge in [0.05, 0.1) is 5.38 Å². The van der Waals surface area contributed by atoms with E-state index in [0.29, 0.717) is 5.92 Å². The van der Waals surface area contributed by atoms with Crippen LogP contribution in [0.5, 0.6) is 0 Å². The van der Waals surface area contributed by atoms with Gasteiger partial charge in [0.25, 0.3) is 0 Å². The smallest absolute Gasteiger partial charge is 0.0712 e. The van der Waals surface area contributed by atoms with Crippen molar-refractivity contribution in [2.24, 2.45) is 0 Å². The Bertz CT molecular complexity index is 398. The molecule has 1 fully saturated rings. The van der Waals surface area contributed by atoms with Gasteiger partial charge in [-0.15, -0.1) is 11.6 Å². The molecule has 1 saturated heterocycles. The molecular weight excluding hydrogens is 266 g/mol. The molecule has 2 rings (SSSR count). The first kappa shape index (κ1) is 15.9. The summed E-state index contributed by atoms with van der Waals surface area (Å²) >= 11 is 6.65. The van der Waals surface area contributed by atoms with Crippen molar-refractivity contribution < 1.29 is 0 Å². The lowest BCUT2D eigenvalue weighted by atomic mass is 9.98. The maximum Gasteiger partial charge on any atom is 0.0712 e. The molecule has 2 heteroatoms. The fraction of sp³-hybridized carbons (Fsp3) is 0.667. The number of piperidine rings is 1. The average molecular weight is 294 g/mol. The van der Waals surface area contributed by atoms with Crippen LogP contribution in [0.3, 0.4) is 0 Å². The molecule has 1 heterocycles. The first-order valence-electron chi connectivity index (χ1n) is 8.09. The maximum absolute atomic E-state index is 6.65.